The molecule has 26 heavy (non-hydrogen) atoms. The van der Waals surface area contributed by atoms with E-state index in [-0.39, 0.29) is 17.6 Å². The minimum atomic E-state index is -4.50. The Bertz CT molecular complexity index is 932. The van der Waals surface area contributed by atoms with Crippen molar-refractivity contribution in [2.45, 2.75) is 24.9 Å². The SMILES string of the molecule is Fc1ccc2c(C3CCN(c4cc(C(F)(F)F)ncn4)CC3)noc2c1. The molecule has 0 atom stereocenters. The lowest BCUT2D eigenvalue weighted by atomic mass is 9.91. The summed E-state index contributed by atoms with van der Waals surface area (Å²) in [5.41, 5.74) is 0.209. The fourth-order valence-corrected chi connectivity index (χ4v) is 3.28. The normalized spacial score (nSPS) is 16.4. The average molecular weight is 366 g/mol. The van der Waals surface area contributed by atoms with E-state index in [0.717, 1.165) is 23.5 Å². The third kappa shape index (κ3) is 3.09. The molecule has 1 fully saturated rings. The maximum absolute atomic E-state index is 13.3. The second kappa shape index (κ2) is 6.22. The van der Waals surface area contributed by atoms with Crippen LogP contribution < -0.4 is 4.90 Å². The molecule has 0 N–H and O–H groups in total. The number of rotatable bonds is 2. The van der Waals surface area contributed by atoms with Gasteiger partial charge in [0.15, 0.2) is 5.58 Å². The number of hydrogen-bond acceptors (Lipinski definition) is 5. The molecule has 4 rings (SSSR count). The summed E-state index contributed by atoms with van der Waals surface area (Å²) in [7, 11) is 0. The highest BCUT2D eigenvalue weighted by molar-refractivity contribution is 5.80. The van der Waals surface area contributed by atoms with Crippen LogP contribution in [0.25, 0.3) is 11.0 Å². The molecule has 136 valence electrons. The molecule has 3 heterocycles. The maximum Gasteiger partial charge on any atom is 0.433 e. The molecule has 1 saturated heterocycles. The first-order valence-electron chi connectivity index (χ1n) is 8.11. The summed E-state index contributed by atoms with van der Waals surface area (Å²) in [5.74, 6) is -0.0287. The Morgan fingerprint density at radius 1 is 1.08 bits per heavy atom. The highest BCUT2D eigenvalue weighted by atomic mass is 19.4. The highest BCUT2D eigenvalue weighted by Gasteiger charge is 2.34. The number of benzene rings is 1. The van der Waals surface area contributed by atoms with Gasteiger partial charge in [-0.1, -0.05) is 5.16 Å². The third-order valence-corrected chi connectivity index (χ3v) is 4.61. The van der Waals surface area contributed by atoms with Gasteiger partial charge in [0.1, 0.15) is 23.7 Å². The molecule has 0 aliphatic carbocycles. The van der Waals surface area contributed by atoms with Gasteiger partial charge in [-0.05, 0) is 25.0 Å². The number of alkyl halides is 3. The van der Waals surface area contributed by atoms with Gasteiger partial charge in [-0.25, -0.2) is 14.4 Å². The molecule has 1 aromatic carbocycles. The van der Waals surface area contributed by atoms with Gasteiger partial charge < -0.3 is 9.42 Å². The van der Waals surface area contributed by atoms with Crippen LogP contribution in [0.5, 0.6) is 0 Å². The van der Waals surface area contributed by atoms with Crippen molar-refractivity contribution in [3.63, 3.8) is 0 Å². The number of nitrogens with zero attached hydrogens (tertiary/aromatic N) is 4. The molecule has 0 amide bonds. The minimum Gasteiger partial charge on any atom is -0.356 e. The van der Waals surface area contributed by atoms with Crippen LogP contribution in [0.3, 0.4) is 0 Å². The fourth-order valence-electron chi connectivity index (χ4n) is 3.28. The van der Waals surface area contributed by atoms with E-state index in [4.69, 9.17) is 4.52 Å². The molecule has 1 aliphatic heterocycles. The van der Waals surface area contributed by atoms with Gasteiger partial charge >= 0.3 is 6.18 Å². The lowest BCUT2D eigenvalue weighted by molar-refractivity contribution is -0.141. The van der Waals surface area contributed by atoms with Crippen LogP contribution in [-0.2, 0) is 6.18 Å². The molecule has 0 radical (unpaired) electrons. The molecule has 0 bridgehead atoms. The van der Waals surface area contributed by atoms with E-state index in [0.29, 0.717) is 31.5 Å². The summed E-state index contributed by atoms with van der Waals surface area (Å²) < 4.78 is 56.9. The summed E-state index contributed by atoms with van der Waals surface area (Å²) in [5, 5.41) is 4.84. The molecular weight excluding hydrogens is 352 g/mol. The Labute approximate surface area is 145 Å². The fraction of sp³-hybridized carbons (Fsp3) is 0.353. The van der Waals surface area contributed by atoms with Gasteiger partial charge in [0, 0.05) is 36.5 Å². The van der Waals surface area contributed by atoms with Crippen molar-refractivity contribution in [1.29, 1.82) is 0 Å². The number of piperidine rings is 1. The summed E-state index contributed by atoms with van der Waals surface area (Å²) in [6.07, 6.45) is -2.19. The molecule has 9 heteroatoms. The van der Waals surface area contributed by atoms with Gasteiger partial charge in [0.2, 0.25) is 0 Å². The highest BCUT2D eigenvalue weighted by Crippen LogP contribution is 2.35. The molecule has 0 saturated carbocycles. The first-order valence-corrected chi connectivity index (χ1v) is 8.11. The molecular formula is C17H14F4N4O. The monoisotopic (exact) mass is 366 g/mol. The molecule has 5 nitrogen and oxygen atoms in total. The zero-order valence-corrected chi connectivity index (χ0v) is 13.5. The predicted octanol–water partition coefficient (Wildman–Crippen LogP) is 4.16. The number of halogens is 4. The second-order valence-corrected chi connectivity index (χ2v) is 6.23. The zero-order valence-electron chi connectivity index (χ0n) is 13.5. The van der Waals surface area contributed by atoms with Gasteiger partial charge in [0.25, 0.3) is 0 Å². The Morgan fingerprint density at radius 3 is 2.58 bits per heavy atom. The molecule has 1 aliphatic rings. The van der Waals surface area contributed by atoms with E-state index in [9.17, 15) is 17.6 Å². The zero-order chi connectivity index (χ0) is 18.3. The van der Waals surface area contributed by atoms with Crippen molar-refractivity contribution in [3.8, 4) is 0 Å². The van der Waals surface area contributed by atoms with Gasteiger partial charge in [-0.2, -0.15) is 13.2 Å². The van der Waals surface area contributed by atoms with Crippen molar-refractivity contribution < 1.29 is 22.1 Å². The molecule has 2 aromatic heterocycles. The van der Waals surface area contributed by atoms with Crippen LogP contribution in [0.15, 0.2) is 35.1 Å². The number of fused-ring (bicyclic) bond motifs is 1. The molecule has 0 spiro atoms. The topological polar surface area (TPSA) is 55.1 Å². The van der Waals surface area contributed by atoms with E-state index in [1.165, 1.54) is 12.1 Å². The molecule has 0 unspecified atom stereocenters. The smallest absolute Gasteiger partial charge is 0.356 e. The van der Waals surface area contributed by atoms with E-state index in [1.54, 1.807) is 11.0 Å². The van der Waals surface area contributed by atoms with Crippen LogP contribution >= 0.6 is 0 Å². The Hall–Kier alpha value is -2.71. The summed E-state index contributed by atoms with van der Waals surface area (Å²) >= 11 is 0. The molecule has 3 aromatic rings. The van der Waals surface area contributed by atoms with E-state index in [1.807, 2.05) is 0 Å². The summed E-state index contributed by atoms with van der Waals surface area (Å²) in [6.45, 7) is 1.07. The van der Waals surface area contributed by atoms with Crippen molar-refractivity contribution in [2.75, 3.05) is 18.0 Å². The lowest BCUT2D eigenvalue weighted by Crippen LogP contribution is -2.34. The van der Waals surface area contributed by atoms with Crippen LogP contribution in [0.1, 0.15) is 30.1 Å². The maximum atomic E-state index is 13.3. The summed E-state index contributed by atoms with van der Waals surface area (Å²) in [4.78, 5) is 9.05. The quantitative estimate of drug-likeness (QED) is 0.638. The average Bonchev–Trinajstić information content (AvgIpc) is 3.04. The van der Waals surface area contributed by atoms with Crippen molar-refractivity contribution >= 4 is 16.8 Å². The van der Waals surface area contributed by atoms with Crippen LogP contribution in [-0.4, -0.2) is 28.2 Å². The third-order valence-electron chi connectivity index (χ3n) is 4.61. The van der Waals surface area contributed by atoms with Crippen molar-refractivity contribution in [1.82, 2.24) is 15.1 Å². The van der Waals surface area contributed by atoms with Gasteiger partial charge in [0.05, 0.1) is 5.69 Å². The van der Waals surface area contributed by atoms with E-state index in [2.05, 4.69) is 15.1 Å². The van der Waals surface area contributed by atoms with Crippen molar-refractivity contribution in [3.05, 3.63) is 47.8 Å². The second-order valence-electron chi connectivity index (χ2n) is 6.23. The standard InChI is InChI=1S/C17H14F4N4O/c18-11-1-2-12-13(7-11)26-24-16(12)10-3-5-25(6-4-10)15-8-14(17(19,20)21)22-9-23-15/h1-2,7-10H,3-6H2. The van der Waals surface area contributed by atoms with Gasteiger partial charge in [-0.3, -0.25) is 0 Å². The van der Waals surface area contributed by atoms with E-state index < -0.39 is 11.9 Å². The predicted molar refractivity (Wildman–Crippen MR) is 85.2 cm³/mol. The summed E-state index contributed by atoms with van der Waals surface area (Å²) in [6, 6.07) is 5.26. The van der Waals surface area contributed by atoms with E-state index >= 15 is 0 Å². The van der Waals surface area contributed by atoms with Crippen LogP contribution in [0.4, 0.5) is 23.4 Å². The van der Waals surface area contributed by atoms with Crippen molar-refractivity contribution in [2.24, 2.45) is 0 Å². The Balaban J connectivity index is 1.50. The minimum absolute atomic E-state index is 0.0990. The largest absolute Gasteiger partial charge is 0.433 e. The first kappa shape index (κ1) is 16.7. The number of hydrogen-bond donors (Lipinski definition) is 0. The van der Waals surface area contributed by atoms with Crippen LogP contribution in [0, 0.1) is 5.82 Å². The first-order chi connectivity index (χ1) is 12.4. The lowest BCUT2D eigenvalue weighted by Gasteiger charge is -2.32. The number of anilines is 1. The van der Waals surface area contributed by atoms with Crippen LogP contribution in [0.2, 0.25) is 0 Å². The number of aromatic nitrogens is 3. The van der Waals surface area contributed by atoms with Gasteiger partial charge in [-0.15, -0.1) is 0 Å². The Morgan fingerprint density at radius 2 is 1.85 bits per heavy atom. The Kier molecular flexibility index (Phi) is 4.01.